The molecular formula is C14H26OSi. The van der Waals surface area contributed by atoms with Crippen molar-refractivity contribution in [3.63, 3.8) is 0 Å². The van der Waals surface area contributed by atoms with Gasteiger partial charge in [0, 0.05) is 0 Å². The van der Waals surface area contributed by atoms with Crippen molar-refractivity contribution in [1.82, 2.24) is 0 Å². The maximum atomic E-state index is 6.42. The fraction of sp³-hybridized carbons (Fsp3) is 0.714. The summed E-state index contributed by atoms with van der Waals surface area (Å²) in [5.74, 6) is 0. The Balaban J connectivity index is 2.64. The Morgan fingerprint density at radius 2 is 1.88 bits per heavy atom. The van der Waals surface area contributed by atoms with Gasteiger partial charge in [0.2, 0.25) is 0 Å². The van der Waals surface area contributed by atoms with E-state index in [0.29, 0.717) is 11.1 Å². The van der Waals surface area contributed by atoms with Gasteiger partial charge in [0.25, 0.3) is 0 Å². The fourth-order valence-electron chi connectivity index (χ4n) is 1.90. The number of rotatable bonds is 3. The summed E-state index contributed by atoms with van der Waals surface area (Å²) >= 11 is 0. The van der Waals surface area contributed by atoms with Gasteiger partial charge in [-0.2, -0.15) is 0 Å². The van der Waals surface area contributed by atoms with E-state index >= 15 is 0 Å². The third kappa shape index (κ3) is 2.86. The smallest absolute Gasteiger partial charge is 0.192 e. The zero-order valence-electron chi connectivity index (χ0n) is 11.7. The predicted molar refractivity (Wildman–Crippen MR) is 74.2 cm³/mol. The van der Waals surface area contributed by atoms with Crippen molar-refractivity contribution in [1.29, 1.82) is 0 Å². The zero-order valence-corrected chi connectivity index (χ0v) is 12.7. The molecular weight excluding hydrogens is 212 g/mol. The molecule has 1 nitrogen and oxygen atoms in total. The van der Waals surface area contributed by atoms with Gasteiger partial charge in [-0.1, -0.05) is 39.0 Å². The van der Waals surface area contributed by atoms with E-state index in [1.54, 1.807) is 0 Å². The van der Waals surface area contributed by atoms with Crippen LogP contribution in [-0.4, -0.2) is 14.4 Å². The summed E-state index contributed by atoms with van der Waals surface area (Å²) in [6.07, 6.45) is 4.54. The molecule has 0 aromatic heterocycles. The molecule has 0 amide bonds. The molecule has 0 unspecified atom stereocenters. The summed E-state index contributed by atoms with van der Waals surface area (Å²) in [6.45, 7) is 17.6. The van der Waals surface area contributed by atoms with Gasteiger partial charge in [0.1, 0.15) is 0 Å². The molecule has 0 spiro atoms. The summed E-state index contributed by atoms with van der Waals surface area (Å²) in [4.78, 5) is 0. The molecule has 1 aliphatic carbocycles. The van der Waals surface area contributed by atoms with Crippen LogP contribution < -0.4 is 0 Å². The largest absolute Gasteiger partial charge is 0.413 e. The van der Waals surface area contributed by atoms with Crippen LogP contribution in [0, 0.1) is 0 Å². The van der Waals surface area contributed by atoms with E-state index in [4.69, 9.17) is 4.43 Å². The topological polar surface area (TPSA) is 9.23 Å². The predicted octanol–water partition coefficient (Wildman–Crippen LogP) is 4.67. The van der Waals surface area contributed by atoms with Gasteiger partial charge in [0.15, 0.2) is 8.32 Å². The van der Waals surface area contributed by atoms with Gasteiger partial charge < -0.3 is 4.43 Å². The highest BCUT2D eigenvalue weighted by atomic mass is 28.4. The van der Waals surface area contributed by atoms with E-state index in [2.05, 4.69) is 47.4 Å². The summed E-state index contributed by atoms with van der Waals surface area (Å²) < 4.78 is 6.42. The summed E-state index contributed by atoms with van der Waals surface area (Å²) in [5, 5.41) is 0.303. The van der Waals surface area contributed by atoms with Crippen LogP contribution in [-0.2, 0) is 4.43 Å². The molecule has 0 aromatic rings. The monoisotopic (exact) mass is 238 g/mol. The Morgan fingerprint density at radius 1 is 1.31 bits per heavy atom. The third-order valence-electron chi connectivity index (χ3n) is 4.04. The van der Waals surface area contributed by atoms with Crippen LogP contribution in [0.1, 0.15) is 40.5 Å². The van der Waals surface area contributed by atoms with Crippen LogP contribution in [0.3, 0.4) is 0 Å². The molecule has 0 aromatic carbocycles. The summed E-state index contributed by atoms with van der Waals surface area (Å²) in [6, 6.07) is 0. The fourth-order valence-corrected chi connectivity index (χ4v) is 3.25. The lowest BCUT2D eigenvalue weighted by atomic mass is 10.2. The molecule has 0 radical (unpaired) electrons. The zero-order chi connectivity index (χ0) is 12.6. The third-order valence-corrected chi connectivity index (χ3v) is 8.58. The molecule has 0 saturated carbocycles. The lowest BCUT2D eigenvalue weighted by molar-refractivity contribution is 0.191. The number of hydrogen-bond donors (Lipinski definition) is 0. The van der Waals surface area contributed by atoms with E-state index in [1.165, 1.54) is 11.1 Å². The Morgan fingerprint density at radius 3 is 2.25 bits per heavy atom. The second kappa shape index (κ2) is 4.50. The van der Waals surface area contributed by atoms with Crippen LogP contribution in [0.4, 0.5) is 0 Å². The molecule has 0 saturated heterocycles. The number of allylic oxidation sites excluding steroid dienone is 1. The average molecular weight is 238 g/mol. The second-order valence-corrected chi connectivity index (χ2v) is 11.2. The van der Waals surface area contributed by atoms with Gasteiger partial charge in [-0.15, -0.1) is 0 Å². The van der Waals surface area contributed by atoms with E-state index < -0.39 is 8.32 Å². The highest BCUT2D eigenvalue weighted by Gasteiger charge is 2.40. The van der Waals surface area contributed by atoms with Gasteiger partial charge in [-0.3, -0.25) is 0 Å². The standard InChI is InChI=1S/C14H26OSi/c1-8-12-10-13(9-11(12)2)15-16(6,7)14(3,4)5/h8,13H,1,9-10H2,2-7H3/t13-/m0/s1. The molecule has 0 N–H and O–H groups in total. The molecule has 16 heavy (non-hydrogen) atoms. The number of hydrogen-bond acceptors (Lipinski definition) is 1. The minimum atomic E-state index is -1.60. The molecule has 92 valence electrons. The van der Waals surface area contributed by atoms with E-state index in [9.17, 15) is 0 Å². The Bertz CT molecular complexity index is 307. The van der Waals surface area contributed by atoms with Crippen molar-refractivity contribution in [2.24, 2.45) is 0 Å². The molecule has 0 fully saturated rings. The van der Waals surface area contributed by atoms with E-state index in [0.717, 1.165) is 12.8 Å². The first-order valence-corrected chi connectivity index (χ1v) is 9.07. The van der Waals surface area contributed by atoms with Crippen LogP contribution in [0.15, 0.2) is 23.8 Å². The molecule has 0 bridgehead atoms. The second-order valence-electron chi connectivity index (χ2n) is 6.42. The first-order valence-electron chi connectivity index (χ1n) is 6.16. The minimum absolute atomic E-state index is 0.303. The normalized spacial score (nSPS) is 22.8. The molecule has 1 aliphatic rings. The Labute approximate surface area is 102 Å². The van der Waals surface area contributed by atoms with Crippen molar-refractivity contribution in [3.8, 4) is 0 Å². The molecule has 2 heteroatoms. The highest BCUT2D eigenvalue weighted by molar-refractivity contribution is 6.74. The van der Waals surface area contributed by atoms with Crippen molar-refractivity contribution in [3.05, 3.63) is 23.8 Å². The van der Waals surface area contributed by atoms with Crippen molar-refractivity contribution in [2.45, 2.75) is 64.8 Å². The summed E-state index contributed by atoms with van der Waals surface area (Å²) in [7, 11) is -1.60. The quantitative estimate of drug-likeness (QED) is 0.649. The van der Waals surface area contributed by atoms with Crippen molar-refractivity contribution in [2.75, 3.05) is 0 Å². The summed E-state index contributed by atoms with van der Waals surface area (Å²) in [5.41, 5.74) is 2.85. The van der Waals surface area contributed by atoms with Gasteiger partial charge in [-0.25, -0.2) is 0 Å². The SMILES string of the molecule is C=CC1=C(C)C[C@H](O[Si](C)(C)C(C)(C)C)C1. The van der Waals surface area contributed by atoms with Crippen LogP contribution in [0.25, 0.3) is 0 Å². The van der Waals surface area contributed by atoms with Gasteiger partial charge in [-0.05, 0) is 43.5 Å². The van der Waals surface area contributed by atoms with Gasteiger partial charge >= 0.3 is 0 Å². The molecule has 1 rings (SSSR count). The van der Waals surface area contributed by atoms with Crippen LogP contribution in [0.2, 0.25) is 18.1 Å². The first kappa shape index (κ1) is 13.7. The Hall–Kier alpha value is -0.343. The lowest BCUT2D eigenvalue weighted by Gasteiger charge is -2.38. The van der Waals surface area contributed by atoms with Crippen LogP contribution in [0.5, 0.6) is 0 Å². The van der Waals surface area contributed by atoms with E-state index in [-0.39, 0.29) is 0 Å². The maximum Gasteiger partial charge on any atom is 0.192 e. The molecule has 0 heterocycles. The lowest BCUT2D eigenvalue weighted by Crippen LogP contribution is -2.43. The highest BCUT2D eigenvalue weighted by Crippen LogP contribution is 2.40. The van der Waals surface area contributed by atoms with Crippen molar-refractivity contribution >= 4 is 8.32 Å². The minimum Gasteiger partial charge on any atom is -0.413 e. The van der Waals surface area contributed by atoms with Crippen LogP contribution >= 0.6 is 0 Å². The molecule has 0 aliphatic heterocycles. The molecule has 1 atom stereocenters. The van der Waals surface area contributed by atoms with E-state index in [1.807, 2.05) is 6.08 Å². The first-order chi connectivity index (χ1) is 7.17. The average Bonchev–Trinajstić information content (AvgIpc) is 2.43. The van der Waals surface area contributed by atoms with Gasteiger partial charge in [0.05, 0.1) is 6.10 Å². The maximum absolute atomic E-state index is 6.42. The Kier molecular flexibility index (Phi) is 3.86. The van der Waals surface area contributed by atoms with Crippen molar-refractivity contribution < 1.29 is 4.43 Å².